The van der Waals surface area contributed by atoms with Gasteiger partial charge in [0.2, 0.25) is 0 Å². The molecule has 0 aliphatic carbocycles. The van der Waals surface area contributed by atoms with Crippen molar-refractivity contribution in [3.05, 3.63) is 35.4 Å². The van der Waals surface area contributed by atoms with Gasteiger partial charge in [0.25, 0.3) is 5.91 Å². The number of hydrogen-bond donors (Lipinski definition) is 1. The number of rotatable bonds is 9. The summed E-state index contributed by atoms with van der Waals surface area (Å²) in [4.78, 5) is 23.6. The Morgan fingerprint density at radius 2 is 2.13 bits per heavy atom. The van der Waals surface area contributed by atoms with E-state index in [1.165, 1.54) is 6.07 Å². The van der Waals surface area contributed by atoms with Crippen LogP contribution in [-0.2, 0) is 9.53 Å². The highest BCUT2D eigenvalue weighted by atomic mass is 16.5. The van der Waals surface area contributed by atoms with Crippen molar-refractivity contribution in [2.75, 3.05) is 13.2 Å². The van der Waals surface area contributed by atoms with Gasteiger partial charge in [0.1, 0.15) is 0 Å². The highest BCUT2D eigenvalue weighted by Crippen LogP contribution is 2.11. The van der Waals surface area contributed by atoms with Crippen molar-refractivity contribution < 1.29 is 14.3 Å². The van der Waals surface area contributed by atoms with Gasteiger partial charge in [0, 0.05) is 6.54 Å². The van der Waals surface area contributed by atoms with E-state index in [4.69, 9.17) is 10.00 Å². The van der Waals surface area contributed by atoms with Gasteiger partial charge in [-0.1, -0.05) is 39.2 Å². The molecule has 0 unspecified atom stereocenters. The molecule has 0 aromatic heterocycles. The van der Waals surface area contributed by atoms with Crippen molar-refractivity contribution in [2.45, 2.75) is 39.5 Å². The highest BCUT2D eigenvalue weighted by molar-refractivity contribution is 5.91. The van der Waals surface area contributed by atoms with E-state index in [1.807, 2.05) is 6.07 Å². The van der Waals surface area contributed by atoms with E-state index in [9.17, 15) is 9.59 Å². The molecular weight excluding hydrogens is 292 g/mol. The maximum Gasteiger partial charge on any atom is 0.338 e. The first-order chi connectivity index (χ1) is 11.1. The number of carbonyl (C=O) groups excluding carboxylic acids is 2. The molecule has 5 nitrogen and oxygen atoms in total. The normalized spacial score (nSPS) is 11.3. The maximum atomic E-state index is 11.8. The summed E-state index contributed by atoms with van der Waals surface area (Å²) in [5.74, 6) is -0.443. The summed E-state index contributed by atoms with van der Waals surface area (Å²) in [5.41, 5.74) is 0.650. The van der Waals surface area contributed by atoms with Crippen LogP contribution in [0.15, 0.2) is 24.3 Å². The zero-order chi connectivity index (χ0) is 17.1. The summed E-state index contributed by atoms with van der Waals surface area (Å²) < 4.78 is 4.98. The van der Waals surface area contributed by atoms with Gasteiger partial charge >= 0.3 is 5.97 Å². The molecule has 0 saturated heterocycles. The van der Waals surface area contributed by atoms with Gasteiger partial charge in [-0.05, 0) is 30.5 Å². The smallest absolute Gasteiger partial charge is 0.338 e. The zero-order valence-electron chi connectivity index (χ0n) is 13.8. The van der Waals surface area contributed by atoms with Gasteiger partial charge in [0.05, 0.1) is 17.2 Å². The molecule has 1 aromatic rings. The third-order valence-electron chi connectivity index (χ3n) is 3.69. The number of benzene rings is 1. The Balaban J connectivity index is 2.37. The molecule has 0 bridgehead atoms. The van der Waals surface area contributed by atoms with Gasteiger partial charge in [-0.2, -0.15) is 5.26 Å². The minimum absolute atomic E-state index is 0.270. The second-order valence-electron chi connectivity index (χ2n) is 5.49. The fourth-order valence-corrected chi connectivity index (χ4v) is 2.18. The molecule has 0 spiro atoms. The molecule has 0 fully saturated rings. The summed E-state index contributed by atoms with van der Waals surface area (Å²) >= 11 is 0. The van der Waals surface area contributed by atoms with E-state index in [-0.39, 0.29) is 18.1 Å². The lowest BCUT2D eigenvalue weighted by Gasteiger charge is -2.15. The summed E-state index contributed by atoms with van der Waals surface area (Å²) in [6.45, 7) is 4.55. The lowest BCUT2D eigenvalue weighted by molar-refractivity contribution is -0.124. The fourth-order valence-electron chi connectivity index (χ4n) is 2.18. The molecule has 1 rings (SSSR count). The van der Waals surface area contributed by atoms with E-state index in [1.54, 1.807) is 18.2 Å². The van der Waals surface area contributed by atoms with Crippen molar-refractivity contribution in [3.63, 3.8) is 0 Å². The molecule has 0 heterocycles. The minimum Gasteiger partial charge on any atom is -0.452 e. The van der Waals surface area contributed by atoms with Crippen LogP contribution < -0.4 is 5.32 Å². The number of unbranched alkanes of at least 4 members (excludes halogenated alkanes) is 1. The fraction of sp³-hybridized carbons (Fsp3) is 0.500. The number of ether oxygens (including phenoxy) is 1. The summed E-state index contributed by atoms with van der Waals surface area (Å²) in [6.07, 6.45) is 4.40. The Hall–Kier alpha value is -2.35. The quantitative estimate of drug-likeness (QED) is 0.710. The van der Waals surface area contributed by atoms with Crippen molar-refractivity contribution in [3.8, 4) is 6.07 Å². The van der Waals surface area contributed by atoms with E-state index >= 15 is 0 Å². The average Bonchev–Trinajstić information content (AvgIpc) is 2.59. The van der Waals surface area contributed by atoms with Gasteiger partial charge in [-0.25, -0.2) is 4.79 Å². The Morgan fingerprint density at radius 1 is 1.35 bits per heavy atom. The van der Waals surface area contributed by atoms with Crippen molar-refractivity contribution in [1.29, 1.82) is 5.26 Å². The van der Waals surface area contributed by atoms with Crippen LogP contribution >= 0.6 is 0 Å². The van der Waals surface area contributed by atoms with E-state index in [0.717, 1.165) is 25.7 Å². The number of carbonyl (C=O) groups is 2. The number of nitrogens with one attached hydrogen (secondary N) is 1. The van der Waals surface area contributed by atoms with Crippen LogP contribution in [-0.4, -0.2) is 25.0 Å². The van der Waals surface area contributed by atoms with E-state index in [0.29, 0.717) is 18.0 Å². The molecule has 5 heteroatoms. The third-order valence-corrected chi connectivity index (χ3v) is 3.69. The van der Waals surface area contributed by atoms with Crippen LogP contribution in [0.3, 0.4) is 0 Å². The van der Waals surface area contributed by atoms with E-state index < -0.39 is 5.97 Å². The Morgan fingerprint density at radius 3 is 2.78 bits per heavy atom. The number of nitriles is 1. The molecular formula is C18H24N2O3. The molecule has 0 aliphatic rings. The largest absolute Gasteiger partial charge is 0.452 e. The molecule has 1 atom stereocenters. The first-order valence-corrected chi connectivity index (χ1v) is 8.04. The second-order valence-corrected chi connectivity index (χ2v) is 5.49. The van der Waals surface area contributed by atoms with Crippen molar-refractivity contribution in [2.24, 2.45) is 5.92 Å². The molecule has 0 aliphatic heterocycles. The van der Waals surface area contributed by atoms with Crippen LogP contribution in [0.1, 0.15) is 55.5 Å². The summed E-state index contributed by atoms with van der Waals surface area (Å²) in [6, 6.07) is 8.16. The van der Waals surface area contributed by atoms with E-state index in [2.05, 4.69) is 19.2 Å². The molecule has 0 radical (unpaired) electrons. The maximum absolute atomic E-state index is 11.8. The van der Waals surface area contributed by atoms with Gasteiger partial charge in [0.15, 0.2) is 6.61 Å². The average molecular weight is 316 g/mol. The topological polar surface area (TPSA) is 79.2 Å². The molecule has 1 aromatic carbocycles. The lowest BCUT2D eigenvalue weighted by atomic mass is 9.99. The number of esters is 1. The van der Waals surface area contributed by atoms with Crippen LogP contribution in [0.2, 0.25) is 0 Å². The van der Waals surface area contributed by atoms with Crippen molar-refractivity contribution in [1.82, 2.24) is 5.32 Å². The third kappa shape index (κ3) is 6.96. The summed E-state index contributed by atoms with van der Waals surface area (Å²) in [5, 5.41) is 11.6. The minimum atomic E-state index is -0.602. The predicted octanol–water partition coefficient (Wildman–Crippen LogP) is 3.05. The SMILES string of the molecule is CCCC[C@@H](CC)CNC(=O)COC(=O)c1cccc(C#N)c1. The molecule has 0 saturated carbocycles. The van der Waals surface area contributed by atoms with Gasteiger partial charge in [-0.15, -0.1) is 0 Å². The van der Waals surface area contributed by atoms with Crippen LogP contribution in [0, 0.1) is 17.2 Å². The number of nitrogens with zero attached hydrogens (tertiary/aromatic N) is 1. The van der Waals surface area contributed by atoms with Gasteiger partial charge < -0.3 is 10.1 Å². The monoisotopic (exact) mass is 316 g/mol. The Labute approximate surface area is 137 Å². The van der Waals surface area contributed by atoms with Crippen LogP contribution in [0.4, 0.5) is 0 Å². The highest BCUT2D eigenvalue weighted by Gasteiger charge is 2.12. The van der Waals surface area contributed by atoms with Crippen LogP contribution in [0.25, 0.3) is 0 Å². The molecule has 23 heavy (non-hydrogen) atoms. The molecule has 1 amide bonds. The predicted molar refractivity (Wildman–Crippen MR) is 87.8 cm³/mol. The molecule has 124 valence electrons. The number of hydrogen-bond acceptors (Lipinski definition) is 4. The molecule has 1 N–H and O–H groups in total. The lowest BCUT2D eigenvalue weighted by Crippen LogP contribution is -2.32. The first kappa shape index (κ1) is 18.7. The first-order valence-electron chi connectivity index (χ1n) is 8.04. The zero-order valence-corrected chi connectivity index (χ0v) is 13.8. The Kier molecular flexibility index (Phi) is 8.45. The Bertz CT molecular complexity index is 564. The van der Waals surface area contributed by atoms with Crippen LogP contribution in [0.5, 0.6) is 0 Å². The standard InChI is InChI=1S/C18H24N2O3/c1-3-5-7-14(4-2)12-20-17(21)13-23-18(22)16-9-6-8-15(10-16)11-19/h6,8-10,14H,3-5,7,12-13H2,1-2H3,(H,20,21)/t14-/m1/s1. The summed E-state index contributed by atoms with van der Waals surface area (Å²) in [7, 11) is 0. The van der Waals surface area contributed by atoms with Crippen molar-refractivity contribution >= 4 is 11.9 Å². The second kappa shape index (κ2) is 10.4. The van der Waals surface area contributed by atoms with Gasteiger partial charge in [-0.3, -0.25) is 4.79 Å². The number of amides is 1.